The van der Waals surface area contributed by atoms with E-state index in [1.165, 1.54) is 0 Å². The normalized spacial score (nSPS) is 12.2. The summed E-state index contributed by atoms with van der Waals surface area (Å²) in [4.78, 5) is 7.88. The summed E-state index contributed by atoms with van der Waals surface area (Å²) >= 11 is 0. The number of anilines is 3. The van der Waals surface area contributed by atoms with Gasteiger partial charge in [-0.2, -0.15) is 9.97 Å². The van der Waals surface area contributed by atoms with Crippen molar-refractivity contribution >= 4 is 17.6 Å². The molecule has 1 heterocycles. The van der Waals surface area contributed by atoms with Crippen LogP contribution < -0.4 is 22.3 Å². The fourth-order valence-corrected chi connectivity index (χ4v) is 1.23. The molecule has 7 heteroatoms. The molecule has 0 bridgehead atoms. The van der Waals surface area contributed by atoms with Crippen molar-refractivity contribution in [2.24, 2.45) is 11.8 Å². The fourth-order valence-electron chi connectivity index (χ4n) is 1.23. The van der Waals surface area contributed by atoms with Crippen LogP contribution in [0.5, 0.6) is 0 Å². The molecule has 0 aliphatic rings. The van der Waals surface area contributed by atoms with Gasteiger partial charge in [0.05, 0.1) is 0 Å². The molecule has 0 radical (unpaired) electrons. The van der Waals surface area contributed by atoms with Gasteiger partial charge in [-0.05, 0) is 12.3 Å². The van der Waals surface area contributed by atoms with E-state index in [0.717, 1.165) is 6.42 Å². The Balaban J connectivity index is 2.56. The minimum Gasteiger partial charge on any atom is -0.396 e. The first-order valence-electron chi connectivity index (χ1n) is 5.11. The second-order valence-corrected chi connectivity index (χ2v) is 3.64. The summed E-state index contributed by atoms with van der Waals surface area (Å²) < 4.78 is 0. The Morgan fingerprint density at radius 2 is 2.12 bits per heavy atom. The first-order chi connectivity index (χ1) is 7.65. The zero-order chi connectivity index (χ0) is 12.0. The molecular weight excluding hydrogens is 208 g/mol. The molecule has 16 heavy (non-hydrogen) atoms. The quantitative estimate of drug-likeness (QED) is 0.335. The summed E-state index contributed by atoms with van der Waals surface area (Å²) in [5, 5.41) is 11.9. The van der Waals surface area contributed by atoms with Crippen LogP contribution in [0.4, 0.5) is 17.6 Å². The Morgan fingerprint density at radius 3 is 2.75 bits per heavy atom. The highest BCUT2D eigenvalue weighted by Crippen LogP contribution is 2.12. The average molecular weight is 226 g/mol. The Morgan fingerprint density at radius 1 is 1.44 bits per heavy atom. The highest BCUT2D eigenvalue weighted by molar-refractivity contribution is 5.50. The summed E-state index contributed by atoms with van der Waals surface area (Å²) in [6, 6.07) is 1.67. The molecule has 1 unspecified atom stereocenters. The van der Waals surface area contributed by atoms with Crippen LogP contribution in [0.15, 0.2) is 6.07 Å². The molecular formula is C9H18N6O. The van der Waals surface area contributed by atoms with Crippen molar-refractivity contribution in [1.29, 1.82) is 0 Å². The van der Waals surface area contributed by atoms with E-state index < -0.39 is 0 Å². The largest absolute Gasteiger partial charge is 0.396 e. The smallest absolute Gasteiger partial charge is 0.223 e. The molecule has 0 aliphatic heterocycles. The topological polar surface area (TPSA) is 122 Å². The standard InChI is InChI=1S/C9H18N6O/c1-6(2-3-16)5-12-7-4-8(15-11)14-9(10)13-7/h4,6,16H,2-3,5,11H2,1H3,(H4,10,12,13,14,15). The molecule has 0 saturated heterocycles. The van der Waals surface area contributed by atoms with Crippen molar-refractivity contribution in [1.82, 2.24) is 9.97 Å². The van der Waals surface area contributed by atoms with Crippen molar-refractivity contribution in [3.8, 4) is 0 Å². The van der Waals surface area contributed by atoms with Crippen molar-refractivity contribution in [3.05, 3.63) is 6.07 Å². The van der Waals surface area contributed by atoms with Gasteiger partial charge in [0.2, 0.25) is 5.95 Å². The first-order valence-corrected chi connectivity index (χ1v) is 5.11. The lowest BCUT2D eigenvalue weighted by molar-refractivity contribution is 0.266. The average Bonchev–Trinajstić information content (AvgIpc) is 2.26. The van der Waals surface area contributed by atoms with Gasteiger partial charge in [0.15, 0.2) is 0 Å². The molecule has 7 nitrogen and oxygen atoms in total. The molecule has 0 fully saturated rings. The summed E-state index contributed by atoms with van der Waals surface area (Å²) in [5.41, 5.74) is 7.91. The van der Waals surface area contributed by atoms with Crippen LogP contribution in [0.3, 0.4) is 0 Å². The molecule has 1 atom stereocenters. The molecule has 1 rings (SSSR count). The molecule has 0 aliphatic carbocycles. The number of rotatable bonds is 6. The van der Waals surface area contributed by atoms with E-state index in [1.807, 2.05) is 6.92 Å². The number of hydrogen-bond acceptors (Lipinski definition) is 7. The summed E-state index contributed by atoms with van der Waals surface area (Å²) in [5.74, 6) is 6.83. The molecule has 0 aromatic carbocycles. The Hall–Kier alpha value is -1.60. The zero-order valence-corrected chi connectivity index (χ0v) is 9.27. The molecule has 7 N–H and O–H groups in total. The van der Waals surface area contributed by atoms with E-state index in [0.29, 0.717) is 24.1 Å². The van der Waals surface area contributed by atoms with Crippen LogP contribution in [0, 0.1) is 5.92 Å². The van der Waals surface area contributed by atoms with Gasteiger partial charge in [0.1, 0.15) is 11.6 Å². The van der Waals surface area contributed by atoms with Crippen molar-refractivity contribution in [2.75, 3.05) is 29.6 Å². The maximum atomic E-state index is 8.76. The van der Waals surface area contributed by atoms with Gasteiger partial charge in [-0.3, -0.25) is 0 Å². The number of nitrogens with one attached hydrogen (secondary N) is 2. The predicted molar refractivity (Wildman–Crippen MR) is 63.6 cm³/mol. The van der Waals surface area contributed by atoms with Gasteiger partial charge in [-0.1, -0.05) is 6.92 Å². The molecule has 0 amide bonds. The van der Waals surface area contributed by atoms with Crippen LogP contribution in [0.2, 0.25) is 0 Å². The van der Waals surface area contributed by atoms with E-state index in [-0.39, 0.29) is 12.6 Å². The van der Waals surface area contributed by atoms with Crippen LogP contribution >= 0.6 is 0 Å². The van der Waals surface area contributed by atoms with E-state index in [2.05, 4.69) is 20.7 Å². The zero-order valence-electron chi connectivity index (χ0n) is 9.27. The van der Waals surface area contributed by atoms with E-state index in [1.54, 1.807) is 6.07 Å². The van der Waals surface area contributed by atoms with Crippen LogP contribution in [-0.2, 0) is 0 Å². The first kappa shape index (κ1) is 12.5. The highest BCUT2D eigenvalue weighted by atomic mass is 16.3. The molecule has 90 valence electrons. The number of nitrogens with zero attached hydrogens (tertiary/aromatic N) is 2. The van der Waals surface area contributed by atoms with Gasteiger partial charge < -0.3 is 21.6 Å². The van der Waals surface area contributed by atoms with Gasteiger partial charge in [0.25, 0.3) is 0 Å². The third-order valence-electron chi connectivity index (χ3n) is 2.14. The second kappa shape index (κ2) is 6.09. The minimum atomic E-state index is 0.160. The molecule has 0 saturated carbocycles. The lowest BCUT2D eigenvalue weighted by Gasteiger charge is -2.12. The molecule has 1 aromatic rings. The highest BCUT2D eigenvalue weighted by Gasteiger charge is 2.04. The maximum absolute atomic E-state index is 8.76. The number of hydrazine groups is 1. The van der Waals surface area contributed by atoms with E-state index in [4.69, 9.17) is 16.7 Å². The number of nitrogens with two attached hydrogens (primary N) is 2. The van der Waals surface area contributed by atoms with Gasteiger partial charge in [-0.15, -0.1) is 0 Å². The van der Waals surface area contributed by atoms with Crippen molar-refractivity contribution in [2.45, 2.75) is 13.3 Å². The van der Waals surface area contributed by atoms with E-state index >= 15 is 0 Å². The molecule has 1 aromatic heterocycles. The summed E-state index contributed by atoms with van der Waals surface area (Å²) in [6.45, 7) is 2.93. The van der Waals surface area contributed by atoms with Crippen LogP contribution in [0.25, 0.3) is 0 Å². The predicted octanol–water partition coefficient (Wildman–Crippen LogP) is -0.225. The Labute approximate surface area is 94.2 Å². The SMILES string of the molecule is CC(CCO)CNc1cc(NN)nc(N)n1. The fraction of sp³-hybridized carbons (Fsp3) is 0.556. The Kier molecular flexibility index (Phi) is 4.74. The maximum Gasteiger partial charge on any atom is 0.223 e. The molecule has 0 spiro atoms. The third kappa shape index (κ3) is 3.87. The number of nitrogen functional groups attached to an aromatic ring is 2. The van der Waals surface area contributed by atoms with Crippen LogP contribution in [0.1, 0.15) is 13.3 Å². The monoisotopic (exact) mass is 226 g/mol. The van der Waals surface area contributed by atoms with Crippen molar-refractivity contribution < 1.29 is 5.11 Å². The van der Waals surface area contributed by atoms with E-state index in [9.17, 15) is 0 Å². The summed E-state index contributed by atoms with van der Waals surface area (Å²) in [6.07, 6.45) is 0.746. The lowest BCUT2D eigenvalue weighted by atomic mass is 10.1. The van der Waals surface area contributed by atoms with Gasteiger partial charge >= 0.3 is 0 Å². The summed E-state index contributed by atoms with van der Waals surface area (Å²) in [7, 11) is 0. The number of hydrogen-bond donors (Lipinski definition) is 5. The minimum absolute atomic E-state index is 0.160. The van der Waals surface area contributed by atoms with Crippen LogP contribution in [-0.4, -0.2) is 28.2 Å². The van der Waals surface area contributed by atoms with Crippen molar-refractivity contribution in [3.63, 3.8) is 0 Å². The number of aromatic nitrogens is 2. The van der Waals surface area contributed by atoms with Gasteiger partial charge in [0, 0.05) is 19.2 Å². The second-order valence-electron chi connectivity index (χ2n) is 3.64. The number of aliphatic hydroxyl groups is 1. The number of aliphatic hydroxyl groups excluding tert-OH is 1. The van der Waals surface area contributed by atoms with Gasteiger partial charge in [-0.25, -0.2) is 5.84 Å². The Bertz CT molecular complexity index is 332. The third-order valence-corrected chi connectivity index (χ3v) is 2.14. The lowest BCUT2D eigenvalue weighted by Crippen LogP contribution is -2.15.